The fourth-order valence-corrected chi connectivity index (χ4v) is 2.61. The van der Waals surface area contributed by atoms with Gasteiger partial charge in [0.25, 0.3) is 0 Å². The summed E-state index contributed by atoms with van der Waals surface area (Å²) in [5.41, 5.74) is 7.09. The zero-order valence-corrected chi connectivity index (χ0v) is 10.5. The van der Waals surface area contributed by atoms with E-state index in [1.807, 2.05) is 12.1 Å². The first-order valence-corrected chi connectivity index (χ1v) is 6.39. The Kier molecular flexibility index (Phi) is 4.02. The Morgan fingerprint density at radius 2 is 2.00 bits per heavy atom. The molecule has 94 valence electrons. The van der Waals surface area contributed by atoms with Crippen LogP contribution in [-0.4, -0.2) is 29.1 Å². The molecule has 1 aliphatic rings. The molecule has 1 saturated carbocycles. The number of rotatable bonds is 3. The van der Waals surface area contributed by atoms with Crippen molar-refractivity contribution in [3.8, 4) is 5.75 Å². The molecule has 0 atom stereocenters. The summed E-state index contributed by atoms with van der Waals surface area (Å²) >= 11 is 0. The van der Waals surface area contributed by atoms with Crippen LogP contribution in [0.5, 0.6) is 5.75 Å². The van der Waals surface area contributed by atoms with E-state index in [2.05, 4.69) is 18.0 Å². The van der Waals surface area contributed by atoms with E-state index < -0.39 is 0 Å². The van der Waals surface area contributed by atoms with Crippen LogP contribution in [0.1, 0.15) is 31.2 Å². The molecule has 0 spiro atoms. The molecule has 3 heteroatoms. The van der Waals surface area contributed by atoms with Gasteiger partial charge in [0.2, 0.25) is 0 Å². The summed E-state index contributed by atoms with van der Waals surface area (Å²) in [7, 11) is 2.16. The number of phenols is 1. The molecule has 1 aromatic carbocycles. The van der Waals surface area contributed by atoms with Crippen LogP contribution in [0.25, 0.3) is 0 Å². The van der Waals surface area contributed by atoms with Crippen molar-refractivity contribution in [2.75, 3.05) is 7.05 Å². The third kappa shape index (κ3) is 3.45. The van der Waals surface area contributed by atoms with Gasteiger partial charge >= 0.3 is 0 Å². The number of nitrogens with two attached hydrogens (primary N) is 1. The Hall–Kier alpha value is -1.06. The number of benzene rings is 1. The van der Waals surface area contributed by atoms with Gasteiger partial charge in [0.15, 0.2) is 0 Å². The molecule has 2 rings (SSSR count). The van der Waals surface area contributed by atoms with Crippen LogP contribution in [0.2, 0.25) is 0 Å². The molecule has 3 nitrogen and oxygen atoms in total. The average molecular weight is 234 g/mol. The van der Waals surface area contributed by atoms with Gasteiger partial charge in [0, 0.05) is 18.6 Å². The molecule has 0 radical (unpaired) electrons. The molecular weight excluding hydrogens is 212 g/mol. The summed E-state index contributed by atoms with van der Waals surface area (Å²) in [6, 6.07) is 8.55. The highest BCUT2D eigenvalue weighted by molar-refractivity contribution is 5.27. The number of nitrogens with zero attached hydrogens (tertiary/aromatic N) is 1. The standard InChI is InChI=1S/C14H22N2O/c1-16(13-7-5-12(15)6-8-13)10-11-3-2-4-14(17)9-11/h2-4,9,12-13,17H,5-8,10,15H2,1H3. The molecule has 0 bridgehead atoms. The normalized spacial score (nSPS) is 25.1. The molecule has 1 aromatic rings. The lowest BCUT2D eigenvalue weighted by atomic mass is 9.91. The average Bonchev–Trinajstić information content (AvgIpc) is 2.29. The van der Waals surface area contributed by atoms with Crippen LogP contribution in [0.3, 0.4) is 0 Å². The molecule has 0 saturated heterocycles. The molecule has 0 unspecified atom stereocenters. The second-order valence-electron chi connectivity index (χ2n) is 5.15. The van der Waals surface area contributed by atoms with Crippen molar-refractivity contribution in [2.45, 2.75) is 44.3 Å². The maximum Gasteiger partial charge on any atom is 0.115 e. The molecule has 0 aromatic heterocycles. The SMILES string of the molecule is CN(Cc1cccc(O)c1)C1CCC(N)CC1. The fraction of sp³-hybridized carbons (Fsp3) is 0.571. The van der Waals surface area contributed by atoms with Gasteiger partial charge in [-0.15, -0.1) is 0 Å². The highest BCUT2D eigenvalue weighted by Crippen LogP contribution is 2.23. The van der Waals surface area contributed by atoms with Crippen LogP contribution in [0.15, 0.2) is 24.3 Å². The van der Waals surface area contributed by atoms with Gasteiger partial charge in [-0.3, -0.25) is 4.90 Å². The minimum atomic E-state index is 0.349. The van der Waals surface area contributed by atoms with E-state index in [1.165, 1.54) is 18.4 Å². The van der Waals surface area contributed by atoms with E-state index in [1.54, 1.807) is 6.07 Å². The summed E-state index contributed by atoms with van der Waals surface area (Å²) in [4.78, 5) is 2.38. The number of phenolic OH excluding ortho intramolecular Hbond substituents is 1. The lowest BCUT2D eigenvalue weighted by Gasteiger charge is -2.33. The lowest BCUT2D eigenvalue weighted by molar-refractivity contribution is 0.176. The quantitative estimate of drug-likeness (QED) is 0.842. The van der Waals surface area contributed by atoms with Crippen molar-refractivity contribution in [2.24, 2.45) is 5.73 Å². The Bertz CT molecular complexity index is 359. The summed E-state index contributed by atoms with van der Waals surface area (Å²) in [6.45, 7) is 0.897. The van der Waals surface area contributed by atoms with Gasteiger partial charge in [0.1, 0.15) is 5.75 Å². The van der Waals surface area contributed by atoms with Crippen molar-refractivity contribution >= 4 is 0 Å². The van der Waals surface area contributed by atoms with Crippen molar-refractivity contribution in [1.29, 1.82) is 0 Å². The predicted octanol–water partition coefficient (Wildman–Crippen LogP) is 2.09. The van der Waals surface area contributed by atoms with Crippen molar-refractivity contribution in [1.82, 2.24) is 4.90 Å². The molecule has 0 aliphatic heterocycles. The second kappa shape index (κ2) is 5.52. The van der Waals surface area contributed by atoms with Crippen LogP contribution < -0.4 is 5.73 Å². The summed E-state index contributed by atoms with van der Waals surface area (Å²) in [5.74, 6) is 0.349. The van der Waals surface area contributed by atoms with E-state index >= 15 is 0 Å². The first-order chi connectivity index (χ1) is 8.15. The van der Waals surface area contributed by atoms with E-state index in [0.29, 0.717) is 17.8 Å². The number of hydrogen-bond donors (Lipinski definition) is 2. The van der Waals surface area contributed by atoms with Gasteiger partial charge in [-0.25, -0.2) is 0 Å². The Morgan fingerprint density at radius 1 is 1.29 bits per heavy atom. The monoisotopic (exact) mass is 234 g/mol. The second-order valence-corrected chi connectivity index (χ2v) is 5.15. The van der Waals surface area contributed by atoms with Crippen LogP contribution in [-0.2, 0) is 6.54 Å². The molecule has 3 N–H and O–H groups in total. The fourth-order valence-electron chi connectivity index (χ4n) is 2.61. The van der Waals surface area contributed by atoms with Gasteiger partial charge in [-0.2, -0.15) is 0 Å². The van der Waals surface area contributed by atoms with Gasteiger partial charge in [-0.1, -0.05) is 12.1 Å². The van der Waals surface area contributed by atoms with E-state index in [4.69, 9.17) is 5.73 Å². The Morgan fingerprint density at radius 3 is 2.65 bits per heavy atom. The van der Waals surface area contributed by atoms with E-state index in [9.17, 15) is 5.11 Å². The third-order valence-corrected chi connectivity index (χ3v) is 3.71. The van der Waals surface area contributed by atoms with E-state index in [-0.39, 0.29) is 0 Å². The van der Waals surface area contributed by atoms with Crippen molar-refractivity contribution in [3.63, 3.8) is 0 Å². The van der Waals surface area contributed by atoms with Gasteiger partial charge in [0.05, 0.1) is 0 Å². The van der Waals surface area contributed by atoms with E-state index in [0.717, 1.165) is 19.4 Å². The minimum Gasteiger partial charge on any atom is -0.508 e. The lowest BCUT2D eigenvalue weighted by Crippen LogP contribution is -2.38. The van der Waals surface area contributed by atoms with Crippen LogP contribution in [0, 0.1) is 0 Å². The topological polar surface area (TPSA) is 49.5 Å². The maximum atomic E-state index is 9.44. The highest BCUT2D eigenvalue weighted by Gasteiger charge is 2.21. The molecule has 0 heterocycles. The molecule has 0 amide bonds. The Labute approximate surface area is 103 Å². The predicted molar refractivity (Wildman–Crippen MR) is 69.8 cm³/mol. The van der Waals surface area contributed by atoms with Gasteiger partial charge in [-0.05, 0) is 50.4 Å². The van der Waals surface area contributed by atoms with Gasteiger partial charge < -0.3 is 10.8 Å². The zero-order valence-electron chi connectivity index (χ0n) is 10.5. The number of hydrogen-bond acceptors (Lipinski definition) is 3. The van der Waals surface area contributed by atoms with Crippen LogP contribution >= 0.6 is 0 Å². The maximum absolute atomic E-state index is 9.44. The molecular formula is C14H22N2O. The molecule has 17 heavy (non-hydrogen) atoms. The summed E-state index contributed by atoms with van der Waals surface area (Å²) in [6.07, 6.45) is 4.65. The zero-order chi connectivity index (χ0) is 12.3. The first-order valence-electron chi connectivity index (χ1n) is 6.39. The number of aromatic hydroxyl groups is 1. The molecule has 1 fully saturated rings. The van der Waals surface area contributed by atoms with Crippen molar-refractivity contribution in [3.05, 3.63) is 29.8 Å². The smallest absolute Gasteiger partial charge is 0.115 e. The first kappa shape index (κ1) is 12.4. The molecule has 1 aliphatic carbocycles. The highest BCUT2D eigenvalue weighted by atomic mass is 16.3. The van der Waals surface area contributed by atoms with Crippen molar-refractivity contribution < 1.29 is 5.11 Å². The summed E-state index contributed by atoms with van der Waals surface area (Å²) < 4.78 is 0. The minimum absolute atomic E-state index is 0.349. The summed E-state index contributed by atoms with van der Waals surface area (Å²) in [5, 5.41) is 9.44. The Balaban J connectivity index is 1.90. The third-order valence-electron chi connectivity index (χ3n) is 3.71. The largest absolute Gasteiger partial charge is 0.508 e. The van der Waals surface area contributed by atoms with Crippen LogP contribution in [0.4, 0.5) is 0 Å².